The van der Waals surface area contributed by atoms with Gasteiger partial charge in [0.15, 0.2) is 5.65 Å². The van der Waals surface area contributed by atoms with Gasteiger partial charge in [0.25, 0.3) is 0 Å². The number of para-hydroxylation sites is 2. The van der Waals surface area contributed by atoms with Crippen LogP contribution in [-0.4, -0.2) is 14.6 Å². The number of nitriles is 2. The molecule has 2 aromatic heterocycles. The van der Waals surface area contributed by atoms with Crippen LogP contribution in [0.3, 0.4) is 0 Å². The molecule has 0 aliphatic rings. The first-order valence-corrected chi connectivity index (χ1v) is 7.41. The van der Waals surface area contributed by atoms with Gasteiger partial charge in [0.05, 0.1) is 32.9 Å². The number of rotatable bonds is 2. The molecule has 0 radical (unpaired) electrons. The van der Waals surface area contributed by atoms with E-state index < -0.39 is 0 Å². The van der Waals surface area contributed by atoms with Crippen molar-refractivity contribution in [2.75, 3.05) is 0 Å². The van der Waals surface area contributed by atoms with E-state index in [1.165, 1.54) is 11.8 Å². The van der Waals surface area contributed by atoms with Gasteiger partial charge in [-0.25, -0.2) is 4.98 Å². The Hall–Kier alpha value is -2.50. The zero-order valence-corrected chi connectivity index (χ0v) is 12.5. The van der Waals surface area contributed by atoms with E-state index in [2.05, 4.69) is 17.1 Å². The molecule has 0 amide bonds. The summed E-state index contributed by atoms with van der Waals surface area (Å²) in [5.74, 6) is 0. The minimum absolute atomic E-state index is 0.165. The molecule has 21 heavy (non-hydrogen) atoms. The van der Waals surface area contributed by atoms with Crippen molar-refractivity contribution in [1.82, 2.24) is 9.38 Å². The van der Waals surface area contributed by atoms with Gasteiger partial charge in [-0.15, -0.1) is 0 Å². The number of pyridine rings is 1. The standard InChI is InChI=1S/C16H12N4S/c1-10-7-15(21-11(2)8-17)20-14-6-4-3-5-13(14)19-16(20)12(10)9-18/h3-7,11H,1-2H3/t11-/m1/s1. The largest absolute Gasteiger partial charge is 0.286 e. The van der Waals surface area contributed by atoms with Gasteiger partial charge in [0, 0.05) is 0 Å². The highest BCUT2D eigenvalue weighted by Gasteiger charge is 2.16. The van der Waals surface area contributed by atoms with Crippen LogP contribution in [0.4, 0.5) is 0 Å². The summed E-state index contributed by atoms with van der Waals surface area (Å²) < 4.78 is 1.97. The molecular formula is C16H12N4S. The third-order valence-electron chi connectivity index (χ3n) is 3.33. The van der Waals surface area contributed by atoms with Crippen molar-refractivity contribution in [3.63, 3.8) is 0 Å². The lowest BCUT2D eigenvalue weighted by Gasteiger charge is -2.10. The Balaban J connectivity index is 2.43. The average molecular weight is 292 g/mol. The Morgan fingerprint density at radius 1 is 1.29 bits per heavy atom. The summed E-state index contributed by atoms with van der Waals surface area (Å²) in [5, 5.41) is 19.2. The van der Waals surface area contributed by atoms with Crippen LogP contribution in [0.5, 0.6) is 0 Å². The third-order valence-corrected chi connectivity index (χ3v) is 4.33. The smallest absolute Gasteiger partial charge is 0.157 e. The molecule has 0 spiro atoms. The second-order valence-corrected chi connectivity index (χ2v) is 6.16. The zero-order chi connectivity index (χ0) is 15.0. The van der Waals surface area contributed by atoms with Crippen molar-refractivity contribution in [2.24, 2.45) is 0 Å². The molecule has 4 nitrogen and oxygen atoms in total. The minimum atomic E-state index is -0.165. The van der Waals surface area contributed by atoms with E-state index >= 15 is 0 Å². The Morgan fingerprint density at radius 3 is 2.76 bits per heavy atom. The number of nitrogens with zero attached hydrogens (tertiary/aromatic N) is 4. The summed E-state index contributed by atoms with van der Waals surface area (Å²) in [6.45, 7) is 3.77. The maximum absolute atomic E-state index is 9.40. The van der Waals surface area contributed by atoms with Crippen LogP contribution >= 0.6 is 11.8 Å². The molecule has 0 saturated heterocycles. The zero-order valence-electron chi connectivity index (χ0n) is 11.7. The fourth-order valence-electron chi connectivity index (χ4n) is 2.35. The molecule has 1 atom stereocenters. The number of aryl methyl sites for hydroxylation is 1. The van der Waals surface area contributed by atoms with Gasteiger partial charge in [-0.05, 0) is 37.6 Å². The van der Waals surface area contributed by atoms with E-state index in [9.17, 15) is 5.26 Å². The predicted molar refractivity (Wildman–Crippen MR) is 83.1 cm³/mol. The van der Waals surface area contributed by atoms with Gasteiger partial charge in [-0.2, -0.15) is 10.5 Å². The first-order chi connectivity index (χ1) is 10.2. The number of benzene rings is 1. The summed E-state index contributed by atoms with van der Waals surface area (Å²) in [6, 6.07) is 14.2. The van der Waals surface area contributed by atoms with Gasteiger partial charge >= 0.3 is 0 Å². The number of hydrogen-bond donors (Lipinski definition) is 0. The monoisotopic (exact) mass is 292 g/mol. The van der Waals surface area contributed by atoms with Gasteiger partial charge in [0.2, 0.25) is 0 Å². The van der Waals surface area contributed by atoms with Crippen molar-refractivity contribution in [3.8, 4) is 12.1 Å². The lowest BCUT2D eigenvalue weighted by atomic mass is 10.2. The lowest BCUT2D eigenvalue weighted by Crippen LogP contribution is -2.00. The van der Waals surface area contributed by atoms with Crippen LogP contribution in [0.25, 0.3) is 16.7 Å². The Labute approximate surface area is 126 Å². The summed E-state index contributed by atoms with van der Waals surface area (Å²) in [4.78, 5) is 4.58. The van der Waals surface area contributed by atoms with Crippen molar-refractivity contribution >= 4 is 28.4 Å². The molecule has 102 valence electrons. The first-order valence-electron chi connectivity index (χ1n) is 6.53. The van der Waals surface area contributed by atoms with Gasteiger partial charge in [-0.3, -0.25) is 4.40 Å². The summed E-state index contributed by atoms with van der Waals surface area (Å²) >= 11 is 1.48. The molecule has 0 aliphatic carbocycles. The van der Waals surface area contributed by atoms with E-state index in [4.69, 9.17) is 5.26 Å². The van der Waals surface area contributed by atoms with E-state index in [1.807, 2.05) is 48.6 Å². The molecule has 1 aromatic carbocycles. The average Bonchev–Trinajstić information content (AvgIpc) is 2.86. The van der Waals surface area contributed by atoms with E-state index in [0.717, 1.165) is 21.6 Å². The fourth-order valence-corrected chi connectivity index (χ4v) is 3.30. The number of imidazole rings is 1. The molecule has 0 aliphatic heterocycles. The molecule has 3 rings (SSSR count). The van der Waals surface area contributed by atoms with E-state index in [0.29, 0.717) is 11.2 Å². The maximum Gasteiger partial charge on any atom is 0.157 e. The quantitative estimate of drug-likeness (QED) is 0.676. The molecule has 2 heterocycles. The fraction of sp³-hybridized carbons (Fsp3) is 0.188. The second-order valence-electron chi connectivity index (χ2n) is 4.80. The molecule has 3 aromatic rings. The third kappa shape index (κ3) is 2.12. The Morgan fingerprint density at radius 2 is 2.05 bits per heavy atom. The molecule has 0 bridgehead atoms. The molecule has 5 heteroatoms. The van der Waals surface area contributed by atoms with Gasteiger partial charge in [0.1, 0.15) is 6.07 Å². The van der Waals surface area contributed by atoms with Crippen molar-refractivity contribution in [1.29, 1.82) is 10.5 Å². The van der Waals surface area contributed by atoms with Gasteiger partial charge in [-0.1, -0.05) is 23.9 Å². The highest BCUT2D eigenvalue weighted by Crippen LogP contribution is 2.31. The molecule has 0 saturated carbocycles. The van der Waals surface area contributed by atoms with Crippen LogP contribution in [-0.2, 0) is 0 Å². The lowest BCUT2D eigenvalue weighted by molar-refractivity contribution is 1.03. The topological polar surface area (TPSA) is 64.9 Å². The van der Waals surface area contributed by atoms with Crippen LogP contribution in [0.2, 0.25) is 0 Å². The number of thioether (sulfide) groups is 1. The van der Waals surface area contributed by atoms with Crippen molar-refractivity contribution in [3.05, 3.63) is 41.5 Å². The summed E-state index contributed by atoms with van der Waals surface area (Å²) in [7, 11) is 0. The summed E-state index contributed by atoms with van der Waals surface area (Å²) in [5.41, 5.74) is 3.93. The predicted octanol–water partition coefficient (Wildman–Crippen LogP) is 3.67. The van der Waals surface area contributed by atoms with E-state index in [1.54, 1.807) is 0 Å². The van der Waals surface area contributed by atoms with Crippen molar-refractivity contribution in [2.45, 2.75) is 24.1 Å². The van der Waals surface area contributed by atoms with Crippen LogP contribution < -0.4 is 0 Å². The molecule has 0 unspecified atom stereocenters. The normalized spacial score (nSPS) is 12.2. The minimum Gasteiger partial charge on any atom is -0.286 e. The number of aromatic nitrogens is 2. The van der Waals surface area contributed by atoms with Crippen LogP contribution in [0.15, 0.2) is 35.4 Å². The first kappa shape index (κ1) is 13.5. The van der Waals surface area contributed by atoms with Crippen molar-refractivity contribution < 1.29 is 0 Å². The van der Waals surface area contributed by atoms with Crippen LogP contribution in [0, 0.1) is 29.6 Å². The van der Waals surface area contributed by atoms with Gasteiger partial charge < -0.3 is 0 Å². The molecule has 0 fully saturated rings. The van der Waals surface area contributed by atoms with Crippen LogP contribution in [0.1, 0.15) is 18.1 Å². The highest BCUT2D eigenvalue weighted by atomic mass is 32.2. The second kappa shape index (κ2) is 5.12. The summed E-state index contributed by atoms with van der Waals surface area (Å²) in [6.07, 6.45) is 0. The SMILES string of the molecule is Cc1cc(S[C@H](C)C#N)n2c(nc3ccccc32)c1C#N. The number of fused-ring (bicyclic) bond motifs is 3. The molecule has 0 N–H and O–H groups in total. The highest BCUT2D eigenvalue weighted by molar-refractivity contribution is 8.00. The Bertz CT molecular complexity index is 927. The number of hydrogen-bond acceptors (Lipinski definition) is 4. The Kier molecular flexibility index (Phi) is 3.29. The maximum atomic E-state index is 9.40. The van der Waals surface area contributed by atoms with E-state index in [-0.39, 0.29) is 5.25 Å². The molecular weight excluding hydrogens is 280 g/mol.